The van der Waals surface area contributed by atoms with Gasteiger partial charge in [-0.25, -0.2) is 10.4 Å². The summed E-state index contributed by atoms with van der Waals surface area (Å²) in [5.74, 6) is 1.60. The SMILES string of the molecule is CCOc1ccccc1CCNNC(=O)[C@@]1(Cc2ccc(Br)cc2)N=C(c2ccc(OCCCO)cc2)O[C@H]1c1ccccc1. The zero-order valence-corrected chi connectivity index (χ0v) is 26.8. The van der Waals surface area contributed by atoms with Crippen LogP contribution in [0.15, 0.2) is 113 Å². The molecule has 0 aromatic heterocycles. The molecule has 4 aromatic carbocycles. The minimum Gasteiger partial charge on any atom is -0.494 e. The van der Waals surface area contributed by atoms with E-state index >= 15 is 0 Å². The predicted octanol–water partition coefficient (Wildman–Crippen LogP) is 5.97. The molecule has 5 rings (SSSR count). The van der Waals surface area contributed by atoms with Crippen molar-refractivity contribution in [3.63, 3.8) is 0 Å². The van der Waals surface area contributed by atoms with Crippen LogP contribution in [-0.4, -0.2) is 48.8 Å². The van der Waals surface area contributed by atoms with Crippen LogP contribution in [0.1, 0.15) is 41.7 Å². The van der Waals surface area contributed by atoms with Crippen LogP contribution in [0.4, 0.5) is 0 Å². The third-order valence-electron chi connectivity index (χ3n) is 7.51. The Morgan fingerprint density at radius 3 is 2.42 bits per heavy atom. The number of aliphatic imine (C=N–C) groups is 1. The number of para-hydroxylation sites is 1. The van der Waals surface area contributed by atoms with Crippen molar-refractivity contribution in [3.05, 3.63) is 130 Å². The molecule has 0 saturated carbocycles. The fourth-order valence-corrected chi connectivity index (χ4v) is 5.54. The average Bonchev–Trinajstić information content (AvgIpc) is 3.46. The standard InChI is InChI=1S/C36H38BrN3O5/c1-2-43-32-12-7-6-9-27(32)21-22-38-40-35(42)36(25-26-13-17-30(37)18-14-26)33(28-10-4-3-5-11-28)45-34(39-36)29-15-19-31(20-16-29)44-24-8-23-41/h3-7,9-20,33,38,41H,2,8,21-25H2,1H3,(H,40,42)/t33-,36-/m0/s1. The number of hydrazine groups is 1. The molecule has 45 heavy (non-hydrogen) atoms. The van der Waals surface area contributed by atoms with Crippen LogP contribution >= 0.6 is 15.9 Å². The van der Waals surface area contributed by atoms with Crippen LogP contribution in [0, 0.1) is 0 Å². The molecular formula is C36H38BrN3O5. The van der Waals surface area contributed by atoms with E-state index in [0.717, 1.165) is 32.5 Å². The van der Waals surface area contributed by atoms with Gasteiger partial charge in [-0.15, -0.1) is 0 Å². The fourth-order valence-electron chi connectivity index (χ4n) is 5.28. The van der Waals surface area contributed by atoms with Crippen molar-refractivity contribution in [2.24, 2.45) is 4.99 Å². The largest absolute Gasteiger partial charge is 0.494 e. The van der Waals surface area contributed by atoms with Crippen molar-refractivity contribution in [2.75, 3.05) is 26.4 Å². The summed E-state index contributed by atoms with van der Waals surface area (Å²) in [4.78, 5) is 19.4. The normalized spacial score (nSPS) is 17.3. The molecular weight excluding hydrogens is 634 g/mol. The smallest absolute Gasteiger partial charge is 0.266 e. The quantitative estimate of drug-likeness (QED) is 0.106. The molecule has 0 unspecified atom stereocenters. The number of nitrogens with one attached hydrogen (secondary N) is 2. The predicted molar refractivity (Wildman–Crippen MR) is 178 cm³/mol. The fraction of sp³-hybridized carbons (Fsp3) is 0.278. The highest BCUT2D eigenvalue weighted by atomic mass is 79.9. The van der Waals surface area contributed by atoms with Gasteiger partial charge in [0.25, 0.3) is 5.91 Å². The number of hydrogen-bond acceptors (Lipinski definition) is 7. The summed E-state index contributed by atoms with van der Waals surface area (Å²) in [7, 11) is 0. The van der Waals surface area contributed by atoms with Gasteiger partial charge in [-0.2, -0.15) is 0 Å². The Morgan fingerprint density at radius 2 is 1.69 bits per heavy atom. The molecule has 1 heterocycles. The van der Waals surface area contributed by atoms with E-state index in [4.69, 9.17) is 24.3 Å². The third kappa shape index (κ3) is 8.11. The maximum absolute atomic E-state index is 14.3. The van der Waals surface area contributed by atoms with Gasteiger partial charge in [0, 0.05) is 36.0 Å². The molecule has 0 aliphatic carbocycles. The van der Waals surface area contributed by atoms with Gasteiger partial charge in [-0.05, 0) is 72.5 Å². The zero-order valence-electron chi connectivity index (χ0n) is 25.2. The van der Waals surface area contributed by atoms with Gasteiger partial charge in [0.1, 0.15) is 11.5 Å². The molecule has 9 heteroatoms. The molecule has 0 fully saturated rings. The molecule has 234 valence electrons. The topological polar surface area (TPSA) is 101 Å². The second kappa shape index (κ2) is 15.7. The van der Waals surface area contributed by atoms with Gasteiger partial charge in [-0.1, -0.05) is 76.6 Å². The van der Waals surface area contributed by atoms with Crippen LogP contribution in [-0.2, 0) is 22.4 Å². The van der Waals surface area contributed by atoms with Crippen molar-refractivity contribution in [1.29, 1.82) is 0 Å². The van der Waals surface area contributed by atoms with Crippen molar-refractivity contribution in [1.82, 2.24) is 10.9 Å². The van der Waals surface area contributed by atoms with Crippen molar-refractivity contribution >= 4 is 27.7 Å². The Labute approximate surface area is 272 Å². The van der Waals surface area contributed by atoms with Gasteiger partial charge in [0.05, 0.1) is 13.2 Å². The Bertz CT molecular complexity index is 1560. The second-order valence-electron chi connectivity index (χ2n) is 10.7. The van der Waals surface area contributed by atoms with E-state index in [1.165, 1.54) is 0 Å². The first-order valence-corrected chi connectivity index (χ1v) is 16.0. The van der Waals surface area contributed by atoms with Gasteiger partial charge >= 0.3 is 0 Å². The molecule has 4 aromatic rings. The number of nitrogens with zero attached hydrogens (tertiary/aromatic N) is 1. The molecule has 3 N–H and O–H groups in total. The number of rotatable bonds is 15. The van der Waals surface area contributed by atoms with Crippen molar-refractivity contribution < 1.29 is 24.1 Å². The first kappa shape index (κ1) is 32.2. The molecule has 0 saturated heterocycles. The van der Waals surface area contributed by atoms with Gasteiger partial charge in [-0.3, -0.25) is 10.2 Å². The van der Waals surface area contributed by atoms with E-state index < -0.39 is 11.6 Å². The van der Waals surface area contributed by atoms with Gasteiger partial charge in [0.2, 0.25) is 5.90 Å². The van der Waals surface area contributed by atoms with Crippen molar-refractivity contribution in [2.45, 2.75) is 37.8 Å². The van der Waals surface area contributed by atoms with E-state index in [1.54, 1.807) is 0 Å². The number of amides is 1. The lowest BCUT2D eigenvalue weighted by molar-refractivity contribution is -0.130. The number of benzene rings is 4. The molecule has 1 amide bonds. The van der Waals surface area contributed by atoms with Crippen LogP contribution in [0.5, 0.6) is 11.5 Å². The lowest BCUT2D eigenvalue weighted by Crippen LogP contribution is -2.54. The first-order chi connectivity index (χ1) is 22.0. The molecule has 8 nitrogen and oxygen atoms in total. The molecule has 0 spiro atoms. The molecule has 2 atom stereocenters. The summed E-state index contributed by atoms with van der Waals surface area (Å²) in [6.45, 7) is 3.53. The number of carbonyl (C=O) groups excluding carboxylic acids is 1. The number of carbonyl (C=O) groups is 1. The maximum Gasteiger partial charge on any atom is 0.266 e. The summed E-state index contributed by atoms with van der Waals surface area (Å²) >= 11 is 3.52. The summed E-state index contributed by atoms with van der Waals surface area (Å²) < 4.78 is 19.0. The first-order valence-electron chi connectivity index (χ1n) is 15.2. The van der Waals surface area contributed by atoms with Crippen LogP contribution in [0.25, 0.3) is 0 Å². The number of halogens is 1. The average molecular weight is 673 g/mol. The van der Waals surface area contributed by atoms with Crippen LogP contribution in [0.2, 0.25) is 0 Å². The number of aliphatic hydroxyl groups is 1. The highest BCUT2D eigenvalue weighted by molar-refractivity contribution is 9.10. The highest BCUT2D eigenvalue weighted by Gasteiger charge is 2.53. The Morgan fingerprint density at radius 1 is 0.956 bits per heavy atom. The lowest BCUT2D eigenvalue weighted by Gasteiger charge is -2.31. The van der Waals surface area contributed by atoms with E-state index in [9.17, 15) is 4.79 Å². The van der Waals surface area contributed by atoms with E-state index in [0.29, 0.717) is 50.7 Å². The van der Waals surface area contributed by atoms with Gasteiger partial charge in [0.15, 0.2) is 11.6 Å². The van der Waals surface area contributed by atoms with Crippen LogP contribution < -0.4 is 20.3 Å². The van der Waals surface area contributed by atoms with E-state index in [1.807, 2.05) is 110 Å². The third-order valence-corrected chi connectivity index (χ3v) is 8.04. The molecule has 1 aliphatic heterocycles. The zero-order chi connectivity index (χ0) is 31.5. The number of hydrogen-bond donors (Lipinski definition) is 3. The summed E-state index contributed by atoms with van der Waals surface area (Å²) in [6, 6.07) is 33.0. The monoisotopic (exact) mass is 671 g/mol. The lowest BCUT2D eigenvalue weighted by atomic mass is 9.82. The Balaban J connectivity index is 1.44. The Kier molecular flexibility index (Phi) is 11.2. The van der Waals surface area contributed by atoms with E-state index in [2.05, 4.69) is 26.8 Å². The minimum absolute atomic E-state index is 0.0710. The van der Waals surface area contributed by atoms with Crippen LogP contribution in [0.3, 0.4) is 0 Å². The summed E-state index contributed by atoms with van der Waals surface area (Å²) in [6.07, 6.45) is 0.845. The van der Waals surface area contributed by atoms with Gasteiger partial charge < -0.3 is 19.3 Å². The Hall–Kier alpha value is -4.18. The molecule has 0 radical (unpaired) electrons. The molecule has 1 aliphatic rings. The number of aliphatic hydroxyl groups excluding tert-OH is 1. The van der Waals surface area contributed by atoms with E-state index in [-0.39, 0.29) is 12.5 Å². The highest BCUT2D eigenvalue weighted by Crippen LogP contribution is 2.42. The second-order valence-corrected chi connectivity index (χ2v) is 11.6. The maximum atomic E-state index is 14.3. The minimum atomic E-state index is -1.31. The van der Waals surface area contributed by atoms with Crippen molar-refractivity contribution in [3.8, 4) is 11.5 Å². The molecule has 0 bridgehead atoms. The summed E-state index contributed by atoms with van der Waals surface area (Å²) in [5.41, 5.74) is 8.37. The number of ether oxygens (including phenoxy) is 3. The summed E-state index contributed by atoms with van der Waals surface area (Å²) in [5, 5.41) is 9.06.